The van der Waals surface area contributed by atoms with Crippen molar-refractivity contribution in [1.29, 1.82) is 0 Å². The van der Waals surface area contributed by atoms with Gasteiger partial charge in [0.2, 0.25) is 0 Å². The van der Waals surface area contributed by atoms with E-state index >= 15 is 0 Å². The number of carbonyl (C=O) groups excluding carboxylic acids is 1. The van der Waals surface area contributed by atoms with Gasteiger partial charge in [-0.1, -0.05) is 0 Å². The number of aldehydes is 1. The van der Waals surface area contributed by atoms with E-state index in [4.69, 9.17) is 14.5 Å². The number of nitrogens with one attached hydrogen (secondary N) is 1. The SMILES string of the molecule is O=Cc1cn(C2CCC(CO[P+](O)(O)OP(=O)(O)O)O2)c(=O)[nH]c1=O. The Hall–Kier alpha value is -1.27. The zero-order valence-corrected chi connectivity index (χ0v) is 14.2. The van der Waals surface area contributed by atoms with Crippen molar-refractivity contribution in [2.75, 3.05) is 6.61 Å². The first-order valence-electron chi connectivity index (χ1n) is 6.73. The summed E-state index contributed by atoms with van der Waals surface area (Å²) in [6.07, 6.45) is 0.295. The molecule has 1 aromatic rings. The highest BCUT2D eigenvalue weighted by Gasteiger charge is 2.48. The highest BCUT2D eigenvalue weighted by Crippen LogP contribution is 2.63. The van der Waals surface area contributed by atoms with E-state index in [0.717, 1.165) is 10.8 Å². The largest absolute Gasteiger partial charge is 0.580 e. The number of phosphoric acid groups is 1. The smallest absolute Gasteiger partial charge is 0.352 e. The minimum Gasteiger partial charge on any atom is -0.352 e. The molecule has 15 heteroatoms. The van der Waals surface area contributed by atoms with Crippen molar-refractivity contribution in [3.8, 4) is 0 Å². The van der Waals surface area contributed by atoms with Gasteiger partial charge < -0.3 is 14.5 Å². The minimum atomic E-state index is -5.16. The van der Waals surface area contributed by atoms with Crippen LogP contribution in [0.4, 0.5) is 0 Å². The van der Waals surface area contributed by atoms with Crippen LogP contribution in [0.1, 0.15) is 29.4 Å². The van der Waals surface area contributed by atoms with E-state index in [0.29, 0.717) is 6.42 Å². The molecule has 0 bridgehead atoms. The summed E-state index contributed by atoms with van der Waals surface area (Å²) in [7, 11) is -9.90. The first-order chi connectivity index (χ1) is 11.5. The van der Waals surface area contributed by atoms with Crippen LogP contribution in [0.3, 0.4) is 0 Å². The fourth-order valence-electron chi connectivity index (χ4n) is 2.16. The van der Waals surface area contributed by atoms with E-state index in [9.17, 15) is 28.7 Å². The standard InChI is InChI=1S/C10H14N2O11P2/c13-4-6-3-12(10(15)11-9(6)14)8-2-1-7(22-8)5-21-25(19,20)23-24(16,17)18/h3-4,7-8,19-20H,1-2,5H2,(H2-,11,14,15,16,17,18)/p+1. The maximum atomic E-state index is 11.8. The lowest BCUT2D eigenvalue weighted by Crippen LogP contribution is -2.34. The topological polar surface area (TPSA) is 198 Å². The molecule has 1 aliphatic heterocycles. The van der Waals surface area contributed by atoms with Gasteiger partial charge in [0.1, 0.15) is 12.8 Å². The third kappa shape index (κ3) is 5.61. The number of rotatable bonds is 7. The molecule has 0 amide bonds. The van der Waals surface area contributed by atoms with Gasteiger partial charge in [0.25, 0.3) is 5.56 Å². The second-order valence-corrected chi connectivity index (χ2v) is 7.89. The molecular weight excluding hydrogens is 386 g/mol. The monoisotopic (exact) mass is 401 g/mol. The lowest BCUT2D eigenvalue weighted by Gasteiger charge is -2.16. The molecular formula is C10H15N2O11P2+. The minimum absolute atomic E-state index is 0.270. The van der Waals surface area contributed by atoms with Gasteiger partial charge in [0.15, 0.2) is 6.29 Å². The number of carbonyl (C=O) groups is 1. The van der Waals surface area contributed by atoms with Crippen molar-refractivity contribution in [2.45, 2.75) is 25.2 Å². The van der Waals surface area contributed by atoms with Crippen LogP contribution >= 0.6 is 16.0 Å². The van der Waals surface area contributed by atoms with E-state index in [2.05, 4.69) is 8.83 Å². The zero-order chi connectivity index (χ0) is 18.8. The average molecular weight is 401 g/mol. The molecule has 1 saturated heterocycles. The fourth-order valence-corrected chi connectivity index (χ4v) is 3.81. The molecule has 0 saturated carbocycles. The van der Waals surface area contributed by atoms with Crippen LogP contribution in [-0.4, -0.2) is 48.1 Å². The average Bonchev–Trinajstić information content (AvgIpc) is 2.92. The molecule has 0 radical (unpaired) electrons. The zero-order valence-electron chi connectivity index (χ0n) is 12.4. The molecule has 5 N–H and O–H groups in total. The second-order valence-electron chi connectivity index (χ2n) is 5.02. The highest BCUT2D eigenvalue weighted by molar-refractivity contribution is 7.64. The van der Waals surface area contributed by atoms with Crippen LogP contribution in [-0.2, 0) is 18.1 Å². The van der Waals surface area contributed by atoms with Gasteiger partial charge in [-0.05, 0) is 17.2 Å². The quantitative estimate of drug-likeness (QED) is 0.272. The van der Waals surface area contributed by atoms with Crippen molar-refractivity contribution in [3.63, 3.8) is 0 Å². The number of nitrogens with zero attached hydrogens (tertiary/aromatic N) is 1. The Kier molecular flexibility index (Phi) is 6.05. The first-order valence-corrected chi connectivity index (χ1v) is 9.79. The Morgan fingerprint density at radius 2 is 2.08 bits per heavy atom. The Balaban J connectivity index is 2.01. The van der Waals surface area contributed by atoms with Crippen molar-refractivity contribution in [3.05, 3.63) is 32.6 Å². The Morgan fingerprint density at radius 1 is 1.40 bits per heavy atom. The molecule has 0 aromatic carbocycles. The van der Waals surface area contributed by atoms with Crippen LogP contribution in [0.15, 0.2) is 15.8 Å². The van der Waals surface area contributed by atoms with E-state index in [1.165, 1.54) is 0 Å². The number of hydrogen-bond acceptors (Lipinski definition) is 9. The molecule has 140 valence electrons. The van der Waals surface area contributed by atoms with Crippen molar-refractivity contribution in [2.24, 2.45) is 0 Å². The molecule has 0 aliphatic carbocycles. The lowest BCUT2D eigenvalue weighted by molar-refractivity contribution is -0.0271. The summed E-state index contributed by atoms with van der Waals surface area (Å²) in [5.74, 6) is 0. The van der Waals surface area contributed by atoms with E-state index < -0.39 is 46.2 Å². The van der Waals surface area contributed by atoms with E-state index in [-0.39, 0.29) is 18.3 Å². The molecule has 0 spiro atoms. The molecule has 2 heterocycles. The van der Waals surface area contributed by atoms with Crippen LogP contribution < -0.4 is 11.2 Å². The lowest BCUT2D eigenvalue weighted by atomic mass is 10.2. The summed E-state index contributed by atoms with van der Waals surface area (Å²) in [6.45, 7) is -0.476. The van der Waals surface area contributed by atoms with Gasteiger partial charge in [-0.25, -0.2) is 9.36 Å². The molecule has 2 unspecified atom stereocenters. The number of aromatic amines is 1. The number of H-pyrrole nitrogens is 1. The maximum Gasteiger partial charge on any atom is 0.580 e. The van der Waals surface area contributed by atoms with Gasteiger partial charge >= 0.3 is 21.7 Å². The van der Waals surface area contributed by atoms with Crippen molar-refractivity contribution in [1.82, 2.24) is 9.55 Å². The molecule has 25 heavy (non-hydrogen) atoms. The third-order valence-electron chi connectivity index (χ3n) is 3.16. The van der Waals surface area contributed by atoms with E-state index in [1.54, 1.807) is 0 Å². The van der Waals surface area contributed by atoms with Gasteiger partial charge in [0.05, 0.1) is 11.7 Å². The van der Waals surface area contributed by atoms with Crippen LogP contribution in [0.25, 0.3) is 0 Å². The third-order valence-corrected chi connectivity index (χ3v) is 5.35. The summed E-state index contributed by atoms with van der Waals surface area (Å²) in [5, 5.41) is 0. The molecule has 1 aliphatic rings. The Labute approximate surface area is 139 Å². The Morgan fingerprint density at radius 3 is 2.68 bits per heavy atom. The van der Waals surface area contributed by atoms with Crippen LogP contribution in [0.2, 0.25) is 0 Å². The normalized spacial score (nSPS) is 21.4. The molecule has 2 rings (SSSR count). The molecule has 2 atom stereocenters. The summed E-state index contributed by atoms with van der Waals surface area (Å²) >= 11 is 0. The van der Waals surface area contributed by atoms with Gasteiger partial charge in [-0.2, -0.15) is 14.3 Å². The van der Waals surface area contributed by atoms with Gasteiger partial charge in [-0.15, -0.1) is 0 Å². The Bertz CT molecular complexity index is 797. The van der Waals surface area contributed by atoms with E-state index in [1.807, 2.05) is 4.98 Å². The molecule has 1 aromatic heterocycles. The first kappa shape index (κ1) is 20.0. The summed E-state index contributed by atoms with van der Waals surface area (Å²) in [5.41, 5.74) is -1.90. The fraction of sp³-hybridized carbons (Fsp3) is 0.500. The predicted molar refractivity (Wildman–Crippen MR) is 80.3 cm³/mol. The number of ether oxygens (including phenoxy) is 1. The number of hydrogen-bond donors (Lipinski definition) is 5. The second kappa shape index (κ2) is 7.54. The summed E-state index contributed by atoms with van der Waals surface area (Å²) in [6, 6.07) is 0. The maximum absolute atomic E-state index is 11.8. The van der Waals surface area contributed by atoms with Crippen LogP contribution in [0, 0.1) is 0 Å². The predicted octanol–water partition coefficient (Wildman–Crippen LogP) is -1.19. The number of aromatic nitrogens is 2. The summed E-state index contributed by atoms with van der Waals surface area (Å²) in [4.78, 5) is 71.5. The van der Waals surface area contributed by atoms with Crippen molar-refractivity contribution >= 4 is 22.3 Å². The summed E-state index contributed by atoms with van der Waals surface area (Å²) < 4.78 is 25.3. The van der Waals surface area contributed by atoms with Gasteiger partial charge in [-0.3, -0.25) is 19.1 Å². The van der Waals surface area contributed by atoms with Crippen molar-refractivity contribution < 1.29 is 42.5 Å². The van der Waals surface area contributed by atoms with Gasteiger partial charge in [0, 0.05) is 6.20 Å². The molecule has 13 nitrogen and oxygen atoms in total. The van der Waals surface area contributed by atoms with Crippen LogP contribution in [0.5, 0.6) is 0 Å². The highest BCUT2D eigenvalue weighted by atomic mass is 31.3. The molecule has 1 fully saturated rings.